The number of phenols is 4. The zero-order chi connectivity index (χ0) is 39.9. The van der Waals surface area contributed by atoms with Gasteiger partial charge in [0.2, 0.25) is 5.69 Å². The number of aromatic nitrogens is 2. The summed E-state index contributed by atoms with van der Waals surface area (Å²) in [6.45, 7) is 0. The Balaban J connectivity index is 1.29. The lowest BCUT2D eigenvalue weighted by atomic mass is 9.97. The second-order valence-corrected chi connectivity index (χ2v) is 12.4. The van der Waals surface area contributed by atoms with Crippen LogP contribution in [0.5, 0.6) is 46.0 Å². The minimum Gasteiger partial charge on any atom is -0.504 e. The smallest absolute Gasteiger partial charge is 0.230 e. The van der Waals surface area contributed by atoms with E-state index >= 15 is 0 Å². The summed E-state index contributed by atoms with van der Waals surface area (Å²) in [5.41, 5.74) is 5.69. The maximum atomic E-state index is 11.6. The number of benzene rings is 4. The van der Waals surface area contributed by atoms with E-state index in [1.807, 2.05) is 48.6 Å². The lowest BCUT2D eigenvalue weighted by Gasteiger charge is -2.14. The van der Waals surface area contributed by atoms with Crippen LogP contribution in [0.25, 0.3) is 57.9 Å². The predicted molar refractivity (Wildman–Crippen MR) is 211 cm³/mol. The number of carbonyl (C=O) groups is 2. The fourth-order valence-corrected chi connectivity index (χ4v) is 6.11. The van der Waals surface area contributed by atoms with Gasteiger partial charge in [-0.3, -0.25) is 9.59 Å². The lowest BCUT2D eigenvalue weighted by molar-refractivity contribution is -0.364. The summed E-state index contributed by atoms with van der Waals surface area (Å²) in [7, 11) is 5.58. The first-order valence-electron chi connectivity index (χ1n) is 17.0. The van der Waals surface area contributed by atoms with Crippen LogP contribution in [0.15, 0.2) is 85.2 Å². The largest absolute Gasteiger partial charge is 0.504 e. The molecule has 0 atom stereocenters. The van der Waals surface area contributed by atoms with Gasteiger partial charge in [0.15, 0.2) is 52.2 Å². The standard InChI is InChI=1S/C44H36N2O10/c1-53-37-19-27(13-31(41(37)49)33-15-29(23-47)21-39(55-3)43(33)51)7-5-25-9-11-45-35(17-25)36-18-26(10-12-46-36)6-8-28-14-32(42(50)38(20-28)54-2)34-16-30(24-48)22-40(56-4)44(34)52/h5-24,49-52H,1-4H3/p+1/b7-5+,8-6+. The SMILES string of the molecule is COc1cc(C=O)cc(-c2cc(/C=C/c3ccnc(-c4cc(/C=C/c5cc(OC)c(O)c(-c6cc(C=O)cc(OC)c6O)c5)cc[nH+]4)c3)cc(OC)c2O)c1O. The summed E-state index contributed by atoms with van der Waals surface area (Å²) in [5.74, 6) is -0.398. The summed E-state index contributed by atoms with van der Waals surface area (Å²) >= 11 is 0. The number of rotatable bonds is 13. The molecule has 6 rings (SSSR count). The summed E-state index contributed by atoms with van der Waals surface area (Å²) in [4.78, 5) is 31.0. The Morgan fingerprint density at radius 2 is 0.857 bits per heavy atom. The number of nitrogens with zero attached hydrogens (tertiary/aromatic N) is 1. The number of methoxy groups -OCH3 is 4. The molecule has 6 aromatic rings. The molecule has 0 bridgehead atoms. The number of nitrogens with one attached hydrogen (secondary N) is 1. The van der Waals surface area contributed by atoms with E-state index in [4.69, 9.17) is 18.9 Å². The van der Waals surface area contributed by atoms with Crippen molar-refractivity contribution in [1.82, 2.24) is 4.98 Å². The molecule has 2 aromatic heterocycles. The van der Waals surface area contributed by atoms with Gasteiger partial charge in [-0.2, -0.15) is 0 Å². The quantitative estimate of drug-likeness (QED) is 0.0849. The van der Waals surface area contributed by atoms with Crippen LogP contribution < -0.4 is 23.9 Å². The average molecular weight is 754 g/mol. The van der Waals surface area contributed by atoms with Gasteiger partial charge in [0.05, 0.1) is 28.4 Å². The van der Waals surface area contributed by atoms with Gasteiger partial charge < -0.3 is 39.4 Å². The van der Waals surface area contributed by atoms with E-state index < -0.39 is 0 Å². The molecule has 0 saturated carbocycles. The number of aromatic hydroxyl groups is 4. The molecule has 4 aromatic carbocycles. The van der Waals surface area contributed by atoms with Gasteiger partial charge in [-0.1, -0.05) is 24.3 Å². The van der Waals surface area contributed by atoms with Gasteiger partial charge in [0.25, 0.3) is 0 Å². The minimum absolute atomic E-state index is 0.0833. The number of ether oxygens (including phenoxy) is 4. The van der Waals surface area contributed by atoms with Crippen molar-refractivity contribution >= 4 is 36.9 Å². The molecule has 56 heavy (non-hydrogen) atoms. The van der Waals surface area contributed by atoms with Crippen molar-refractivity contribution in [3.63, 3.8) is 0 Å². The molecule has 0 fully saturated rings. The van der Waals surface area contributed by atoms with Crippen LogP contribution in [0, 0.1) is 0 Å². The second-order valence-electron chi connectivity index (χ2n) is 12.4. The molecule has 0 unspecified atom stereocenters. The molecule has 0 spiro atoms. The van der Waals surface area contributed by atoms with E-state index in [-0.39, 0.29) is 79.4 Å². The Morgan fingerprint density at radius 1 is 0.482 bits per heavy atom. The molecular weight excluding hydrogens is 716 g/mol. The Morgan fingerprint density at radius 3 is 1.27 bits per heavy atom. The highest BCUT2D eigenvalue weighted by Gasteiger charge is 2.20. The number of aldehydes is 2. The third-order valence-electron chi connectivity index (χ3n) is 8.94. The van der Waals surface area contributed by atoms with Crippen molar-refractivity contribution in [2.45, 2.75) is 0 Å². The number of aromatic amines is 1. The second kappa shape index (κ2) is 16.6. The number of hydrogen-bond donors (Lipinski definition) is 4. The molecule has 12 nitrogen and oxygen atoms in total. The monoisotopic (exact) mass is 753 g/mol. The maximum Gasteiger partial charge on any atom is 0.230 e. The van der Waals surface area contributed by atoms with Gasteiger partial charge >= 0.3 is 0 Å². The minimum atomic E-state index is -0.237. The van der Waals surface area contributed by atoms with E-state index in [0.29, 0.717) is 29.4 Å². The number of pyridine rings is 2. The van der Waals surface area contributed by atoms with Crippen LogP contribution >= 0.6 is 0 Å². The maximum absolute atomic E-state index is 11.6. The van der Waals surface area contributed by atoms with Gasteiger partial charge in [0.1, 0.15) is 18.3 Å². The zero-order valence-corrected chi connectivity index (χ0v) is 30.7. The van der Waals surface area contributed by atoms with Crippen LogP contribution in [-0.4, -0.2) is 66.4 Å². The van der Waals surface area contributed by atoms with Gasteiger partial charge in [0, 0.05) is 51.7 Å². The van der Waals surface area contributed by atoms with Crippen molar-refractivity contribution in [2.24, 2.45) is 0 Å². The first-order valence-corrected chi connectivity index (χ1v) is 17.0. The zero-order valence-electron chi connectivity index (χ0n) is 30.7. The van der Waals surface area contributed by atoms with E-state index in [1.54, 1.807) is 36.7 Å². The van der Waals surface area contributed by atoms with E-state index in [9.17, 15) is 30.0 Å². The third kappa shape index (κ3) is 7.85. The van der Waals surface area contributed by atoms with Gasteiger partial charge in [-0.25, -0.2) is 9.97 Å². The van der Waals surface area contributed by atoms with Crippen molar-refractivity contribution in [1.29, 1.82) is 0 Å². The Hall–Kier alpha value is -7.60. The van der Waals surface area contributed by atoms with Crippen LogP contribution in [0.2, 0.25) is 0 Å². The molecule has 0 aliphatic rings. The van der Waals surface area contributed by atoms with Gasteiger partial charge in [-0.15, -0.1) is 0 Å². The molecule has 12 heteroatoms. The highest BCUT2D eigenvalue weighted by molar-refractivity contribution is 5.90. The third-order valence-corrected chi connectivity index (χ3v) is 8.94. The first-order chi connectivity index (χ1) is 27.1. The van der Waals surface area contributed by atoms with Gasteiger partial charge in [-0.05, 0) is 82.9 Å². The summed E-state index contributed by atoms with van der Waals surface area (Å²) in [5, 5.41) is 43.7. The Bertz CT molecular complexity index is 2350. The number of phenolic OH excluding ortho intramolecular Hbond substituents is 4. The highest BCUT2D eigenvalue weighted by Crippen LogP contribution is 2.47. The van der Waals surface area contributed by atoms with Crippen molar-refractivity contribution < 1.29 is 53.9 Å². The molecule has 5 N–H and O–H groups in total. The first kappa shape index (κ1) is 38.1. The number of carbonyl (C=O) groups excluding carboxylic acids is 2. The molecule has 2 heterocycles. The van der Waals surface area contributed by atoms with Crippen LogP contribution in [0.1, 0.15) is 43.0 Å². The fraction of sp³-hybridized carbons (Fsp3) is 0.0909. The molecule has 0 saturated heterocycles. The highest BCUT2D eigenvalue weighted by atomic mass is 16.5. The topological polar surface area (TPSA) is 179 Å². The predicted octanol–water partition coefficient (Wildman–Crippen LogP) is 7.72. The van der Waals surface area contributed by atoms with E-state index in [0.717, 1.165) is 16.8 Å². The fourth-order valence-electron chi connectivity index (χ4n) is 6.11. The number of hydrogen-bond acceptors (Lipinski definition) is 11. The summed E-state index contributed by atoms with van der Waals surface area (Å²) in [6.07, 6.45) is 12.1. The van der Waals surface area contributed by atoms with Crippen LogP contribution in [0.3, 0.4) is 0 Å². The van der Waals surface area contributed by atoms with E-state index in [2.05, 4.69) is 9.97 Å². The average Bonchev–Trinajstić information content (AvgIpc) is 3.23. The van der Waals surface area contributed by atoms with Crippen molar-refractivity contribution in [3.8, 4) is 79.6 Å². The van der Waals surface area contributed by atoms with Crippen LogP contribution in [0.4, 0.5) is 0 Å². The van der Waals surface area contributed by atoms with E-state index in [1.165, 1.54) is 52.7 Å². The Labute approximate surface area is 321 Å². The molecule has 0 aliphatic heterocycles. The Kier molecular flexibility index (Phi) is 11.3. The molecular formula is C44H37N2O10+. The number of H-pyrrole nitrogens is 1. The molecule has 0 aliphatic carbocycles. The molecule has 282 valence electrons. The van der Waals surface area contributed by atoms with Crippen molar-refractivity contribution in [3.05, 3.63) is 119 Å². The molecule has 0 amide bonds. The summed E-state index contributed by atoms with van der Waals surface area (Å²) < 4.78 is 21.3. The normalized spacial score (nSPS) is 11.1. The lowest BCUT2D eigenvalue weighted by Crippen LogP contribution is -2.06. The molecule has 0 radical (unpaired) electrons. The summed E-state index contributed by atoms with van der Waals surface area (Å²) in [6, 6.07) is 19.9. The van der Waals surface area contributed by atoms with Crippen LogP contribution in [-0.2, 0) is 0 Å². The van der Waals surface area contributed by atoms with Crippen molar-refractivity contribution in [2.75, 3.05) is 28.4 Å².